The molecule has 0 aromatic heterocycles. The van der Waals surface area contributed by atoms with E-state index in [1.165, 1.54) is 57.8 Å². The molecule has 100 valence electrons. The molecule has 0 aromatic rings. The number of ether oxygens (including phenoxy) is 1. The number of hydrogen-bond donors (Lipinski definition) is 1. The van der Waals surface area contributed by atoms with Crippen LogP contribution < -0.4 is 5.32 Å². The fourth-order valence-electron chi connectivity index (χ4n) is 3.04. The fourth-order valence-corrected chi connectivity index (χ4v) is 3.04. The summed E-state index contributed by atoms with van der Waals surface area (Å²) >= 11 is 0. The summed E-state index contributed by atoms with van der Waals surface area (Å²) in [6, 6.07) is 0.805. The minimum Gasteiger partial charge on any atom is -0.371 e. The van der Waals surface area contributed by atoms with Crippen molar-refractivity contribution in [2.24, 2.45) is 0 Å². The van der Waals surface area contributed by atoms with Crippen molar-refractivity contribution < 1.29 is 4.74 Å². The highest BCUT2D eigenvalue weighted by Crippen LogP contribution is 2.34. The lowest BCUT2D eigenvalue weighted by atomic mass is 9.84. The Morgan fingerprint density at radius 2 is 1.94 bits per heavy atom. The number of hydrogen-bond acceptors (Lipinski definition) is 2. The molecule has 17 heavy (non-hydrogen) atoms. The van der Waals surface area contributed by atoms with Crippen LogP contribution in [0.25, 0.3) is 0 Å². The maximum atomic E-state index is 6.44. The second kappa shape index (κ2) is 6.19. The van der Waals surface area contributed by atoms with Crippen molar-refractivity contribution >= 4 is 0 Å². The van der Waals surface area contributed by atoms with Gasteiger partial charge in [-0.05, 0) is 39.0 Å². The number of rotatable bonds is 7. The first kappa shape index (κ1) is 13.4. The number of nitrogens with one attached hydrogen (secondary N) is 1. The predicted octanol–water partition coefficient (Wildman–Crippen LogP) is 3.65. The first-order valence-corrected chi connectivity index (χ1v) is 7.65. The molecule has 0 bridgehead atoms. The van der Waals surface area contributed by atoms with Crippen molar-refractivity contribution in [1.82, 2.24) is 5.32 Å². The van der Waals surface area contributed by atoms with E-state index in [1.54, 1.807) is 0 Å². The van der Waals surface area contributed by atoms with Gasteiger partial charge in [0.15, 0.2) is 0 Å². The van der Waals surface area contributed by atoms with Gasteiger partial charge in [0.05, 0.1) is 11.7 Å². The summed E-state index contributed by atoms with van der Waals surface area (Å²) in [6.07, 6.45) is 12.2. The van der Waals surface area contributed by atoms with Crippen molar-refractivity contribution in [2.45, 2.75) is 89.4 Å². The third kappa shape index (κ3) is 4.26. The van der Waals surface area contributed by atoms with E-state index in [1.807, 2.05) is 0 Å². The highest BCUT2D eigenvalue weighted by atomic mass is 16.5. The highest BCUT2D eigenvalue weighted by Gasteiger charge is 2.36. The molecule has 1 N–H and O–H groups in total. The Hall–Kier alpha value is -0.0800. The first-order chi connectivity index (χ1) is 8.24. The summed E-state index contributed by atoms with van der Waals surface area (Å²) in [5.41, 5.74) is 0.162. The lowest BCUT2D eigenvalue weighted by Crippen LogP contribution is -2.47. The van der Waals surface area contributed by atoms with Crippen LogP contribution in [0.2, 0.25) is 0 Å². The average molecular weight is 239 g/mol. The van der Waals surface area contributed by atoms with Gasteiger partial charge in [-0.15, -0.1) is 0 Å². The van der Waals surface area contributed by atoms with Crippen molar-refractivity contribution in [3.8, 4) is 0 Å². The standard InChI is InChI=1S/C15H29NO/c1-3-7-13(2)17-15(10-5-4-6-11-15)12-16-14-8-9-14/h13-14,16H,3-12H2,1-2H3. The van der Waals surface area contributed by atoms with Crippen LogP contribution in [0.5, 0.6) is 0 Å². The van der Waals surface area contributed by atoms with Crippen LogP contribution in [0, 0.1) is 0 Å². The molecular formula is C15H29NO. The third-order valence-electron chi connectivity index (χ3n) is 4.20. The zero-order valence-electron chi connectivity index (χ0n) is 11.6. The van der Waals surface area contributed by atoms with Gasteiger partial charge in [0.25, 0.3) is 0 Å². The lowest BCUT2D eigenvalue weighted by molar-refractivity contribution is -0.108. The summed E-state index contributed by atoms with van der Waals surface area (Å²) in [7, 11) is 0. The van der Waals surface area contributed by atoms with Gasteiger partial charge in [-0.25, -0.2) is 0 Å². The van der Waals surface area contributed by atoms with Crippen LogP contribution >= 0.6 is 0 Å². The van der Waals surface area contributed by atoms with Gasteiger partial charge in [-0.1, -0.05) is 32.6 Å². The Labute approximate surface area is 107 Å². The quantitative estimate of drug-likeness (QED) is 0.732. The van der Waals surface area contributed by atoms with Crippen molar-refractivity contribution in [1.29, 1.82) is 0 Å². The molecule has 0 aromatic carbocycles. The van der Waals surface area contributed by atoms with E-state index in [0.717, 1.165) is 12.6 Å². The van der Waals surface area contributed by atoms with E-state index in [4.69, 9.17) is 4.74 Å². The van der Waals surface area contributed by atoms with Crippen molar-refractivity contribution in [2.75, 3.05) is 6.54 Å². The van der Waals surface area contributed by atoms with E-state index < -0.39 is 0 Å². The zero-order valence-corrected chi connectivity index (χ0v) is 11.6. The fraction of sp³-hybridized carbons (Fsp3) is 1.00. The molecule has 1 atom stereocenters. The van der Waals surface area contributed by atoms with Crippen LogP contribution in [0.1, 0.15) is 71.6 Å². The molecule has 0 aliphatic heterocycles. The summed E-state index contributed by atoms with van der Waals surface area (Å²) < 4.78 is 6.44. The predicted molar refractivity (Wildman–Crippen MR) is 72.3 cm³/mol. The van der Waals surface area contributed by atoms with Crippen molar-refractivity contribution in [3.63, 3.8) is 0 Å². The van der Waals surface area contributed by atoms with Gasteiger partial charge in [0.2, 0.25) is 0 Å². The molecule has 2 saturated carbocycles. The van der Waals surface area contributed by atoms with Gasteiger partial charge in [-0.2, -0.15) is 0 Å². The van der Waals surface area contributed by atoms with E-state index in [-0.39, 0.29) is 5.60 Å². The molecule has 2 aliphatic rings. The Morgan fingerprint density at radius 1 is 1.24 bits per heavy atom. The Balaban J connectivity index is 1.84. The molecule has 0 amide bonds. The molecular weight excluding hydrogens is 210 g/mol. The molecule has 2 heteroatoms. The molecule has 2 nitrogen and oxygen atoms in total. The van der Waals surface area contributed by atoms with Crippen LogP contribution in [-0.4, -0.2) is 24.3 Å². The minimum absolute atomic E-state index is 0.162. The summed E-state index contributed by atoms with van der Waals surface area (Å²) in [4.78, 5) is 0. The Kier molecular flexibility index (Phi) is 4.87. The van der Waals surface area contributed by atoms with Gasteiger partial charge in [0, 0.05) is 12.6 Å². The lowest BCUT2D eigenvalue weighted by Gasteiger charge is -2.40. The van der Waals surface area contributed by atoms with E-state index in [2.05, 4.69) is 19.2 Å². The molecule has 2 fully saturated rings. The summed E-state index contributed by atoms with van der Waals surface area (Å²) in [6.45, 7) is 5.58. The van der Waals surface area contributed by atoms with E-state index in [0.29, 0.717) is 6.10 Å². The van der Waals surface area contributed by atoms with Crippen LogP contribution in [0.4, 0.5) is 0 Å². The van der Waals surface area contributed by atoms with Gasteiger partial charge in [-0.3, -0.25) is 0 Å². The van der Waals surface area contributed by atoms with E-state index in [9.17, 15) is 0 Å². The molecule has 2 rings (SSSR count). The summed E-state index contributed by atoms with van der Waals surface area (Å²) in [5.74, 6) is 0. The zero-order chi connectivity index (χ0) is 12.1. The smallest absolute Gasteiger partial charge is 0.0810 e. The SMILES string of the molecule is CCCC(C)OC1(CNC2CC2)CCCCC1. The second-order valence-corrected chi connectivity index (χ2v) is 6.12. The monoisotopic (exact) mass is 239 g/mol. The minimum atomic E-state index is 0.162. The maximum Gasteiger partial charge on any atom is 0.0810 e. The summed E-state index contributed by atoms with van der Waals surface area (Å²) in [5, 5.41) is 3.69. The van der Waals surface area contributed by atoms with Crippen LogP contribution in [-0.2, 0) is 4.74 Å². The molecule has 0 heterocycles. The van der Waals surface area contributed by atoms with E-state index >= 15 is 0 Å². The average Bonchev–Trinajstić information content (AvgIpc) is 3.12. The highest BCUT2D eigenvalue weighted by molar-refractivity contribution is 4.91. The van der Waals surface area contributed by atoms with Gasteiger partial charge >= 0.3 is 0 Å². The van der Waals surface area contributed by atoms with Gasteiger partial charge < -0.3 is 10.1 Å². The Morgan fingerprint density at radius 3 is 2.53 bits per heavy atom. The molecule has 1 unspecified atom stereocenters. The maximum absolute atomic E-state index is 6.44. The Bertz CT molecular complexity index is 219. The second-order valence-electron chi connectivity index (χ2n) is 6.12. The molecule has 2 aliphatic carbocycles. The molecule has 0 spiro atoms. The molecule has 0 saturated heterocycles. The van der Waals surface area contributed by atoms with Crippen molar-refractivity contribution in [3.05, 3.63) is 0 Å². The van der Waals surface area contributed by atoms with Crippen LogP contribution in [0.15, 0.2) is 0 Å². The third-order valence-corrected chi connectivity index (χ3v) is 4.20. The topological polar surface area (TPSA) is 21.3 Å². The van der Waals surface area contributed by atoms with Gasteiger partial charge in [0.1, 0.15) is 0 Å². The molecule has 0 radical (unpaired) electrons. The normalized spacial score (nSPS) is 25.8. The first-order valence-electron chi connectivity index (χ1n) is 7.65. The van der Waals surface area contributed by atoms with Crippen LogP contribution in [0.3, 0.4) is 0 Å². The largest absolute Gasteiger partial charge is 0.371 e.